The maximum absolute atomic E-state index is 15.4. The third-order valence-corrected chi connectivity index (χ3v) is 10.3. The Hall–Kier alpha value is -3.34. The van der Waals surface area contributed by atoms with Gasteiger partial charge in [0.25, 0.3) is 0 Å². The third kappa shape index (κ3) is 8.14. The third-order valence-electron chi connectivity index (χ3n) is 10.3. The fourth-order valence-electron chi connectivity index (χ4n) is 7.43. The van der Waals surface area contributed by atoms with Crippen LogP contribution in [-0.4, -0.2) is 6.61 Å². The highest BCUT2D eigenvalue weighted by Crippen LogP contribution is 2.43. The van der Waals surface area contributed by atoms with E-state index >= 15 is 8.78 Å². The van der Waals surface area contributed by atoms with Gasteiger partial charge in [-0.25, -0.2) is 13.2 Å². The number of rotatable bonds is 14. The van der Waals surface area contributed by atoms with Gasteiger partial charge < -0.3 is 4.74 Å². The number of unbranched alkanes of at least 4 members (excludes halogenated alkanes) is 4. The van der Waals surface area contributed by atoms with Gasteiger partial charge in [-0.05, 0) is 98.0 Å². The quantitative estimate of drug-likeness (QED) is 0.0976. The first-order valence-electron chi connectivity index (χ1n) is 17.4. The molecule has 1 fully saturated rings. The molecule has 46 heavy (non-hydrogen) atoms. The molecule has 3 aromatic carbocycles. The minimum atomic E-state index is -1.02. The Balaban J connectivity index is 1.21. The van der Waals surface area contributed by atoms with Crippen molar-refractivity contribution in [2.45, 2.75) is 96.8 Å². The van der Waals surface area contributed by atoms with E-state index in [4.69, 9.17) is 4.74 Å². The van der Waals surface area contributed by atoms with Crippen molar-refractivity contribution in [3.63, 3.8) is 0 Å². The lowest BCUT2D eigenvalue weighted by molar-refractivity contribution is 0.190. The smallest absolute Gasteiger partial charge is 0.201 e. The van der Waals surface area contributed by atoms with Gasteiger partial charge in [-0.2, -0.15) is 4.39 Å². The highest BCUT2D eigenvalue weighted by molar-refractivity contribution is 5.74. The molecule has 0 bridgehead atoms. The molecule has 2 aliphatic rings. The molecule has 0 heterocycles. The molecule has 1 nitrogen and oxygen atoms in total. The van der Waals surface area contributed by atoms with E-state index in [1.54, 1.807) is 36.4 Å². The van der Waals surface area contributed by atoms with Gasteiger partial charge in [-0.1, -0.05) is 94.0 Å². The van der Waals surface area contributed by atoms with Crippen molar-refractivity contribution >= 4 is 5.57 Å². The van der Waals surface area contributed by atoms with Crippen LogP contribution in [0.15, 0.2) is 67.3 Å². The van der Waals surface area contributed by atoms with Crippen LogP contribution in [0.25, 0.3) is 27.8 Å². The van der Waals surface area contributed by atoms with E-state index in [9.17, 15) is 8.78 Å². The van der Waals surface area contributed by atoms with Crippen molar-refractivity contribution in [1.29, 1.82) is 0 Å². The van der Waals surface area contributed by atoms with Crippen molar-refractivity contribution in [3.8, 4) is 28.0 Å². The van der Waals surface area contributed by atoms with Crippen molar-refractivity contribution in [2.75, 3.05) is 6.61 Å². The van der Waals surface area contributed by atoms with Gasteiger partial charge in [0.2, 0.25) is 5.82 Å². The molecular weight excluding hydrogens is 584 g/mol. The van der Waals surface area contributed by atoms with E-state index in [0.717, 1.165) is 75.2 Å². The van der Waals surface area contributed by atoms with Crippen LogP contribution in [0.1, 0.15) is 102 Å². The second-order valence-corrected chi connectivity index (χ2v) is 13.3. The summed E-state index contributed by atoms with van der Waals surface area (Å²) in [7, 11) is 0. The summed E-state index contributed by atoms with van der Waals surface area (Å²) in [4.78, 5) is 0. The lowest BCUT2D eigenvalue weighted by atomic mass is 9.70. The molecule has 1 atom stereocenters. The monoisotopic (exact) mass is 632 g/mol. The molecule has 0 saturated heterocycles. The number of ether oxygens (including phenoxy) is 1. The summed E-state index contributed by atoms with van der Waals surface area (Å²) in [5.41, 5.74) is 2.36. The van der Waals surface area contributed by atoms with Crippen molar-refractivity contribution in [3.05, 3.63) is 96.1 Å². The van der Waals surface area contributed by atoms with Gasteiger partial charge in [-0.3, -0.25) is 0 Å². The second-order valence-electron chi connectivity index (χ2n) is 13.3. The van der Waals surface area contributed by atoms with Gasteiger partial charge >= 0.3 is 0 Å². The first-order valence-corrected chi connectivity index (χ1v) is 17.4. The molecule has 0 aliphatic heterocycles. The Morgan fingerprint density at radius 3 is 1.93 bits per heavy atom. The predicted octanol–water partition coefficient (Wildman–Crippen LogP) is 12.9. The molecule has 0 aromatic heterocycles. The normalized spacial score (nSPS) is 19.9. The second kappa shape index (κ2) is 16.5. The number of halogens is 4. The summed E-state index contributed by atoms with van der Waals surface area (Å²) in [5.74, 6) is -1.66. The molecule has 0 radical (unpaired) electrons. The van der Waals surface area contributed by atoms with E-state index in [2.05, 4.69) is 19.6 Å². The summed E-state index contributed by atoms with van der Waals surface area (Å²) in [6.45, 7) is 6.33. The fourth-order valence-corrected chi connectivity index (χ4v) is 7.43. The Bertz CT molecular complexity index is 1480. The number of hydrogen-bond acceptors (Lipinski definition) is 1. The zero-order valence-corrected chi connectivity index (χ0v) is 27.2. The maximum Gasteiger partial charge on any atom is 0.201 e. The molecule has 1 saturated carbocycles. The molecule has 2 aliphatic carbocycles. The van der Waals surface area contributed by atoms with Gasteiger partial charge in [0.1, 0.15) is 0 Å². The molecule has 0 amide bonds. The highest BCUT2D eigenvalue weighted by atomic mass is 19.2. The summed E-state index contributed by atoms with van der Waals surface area (Å²) in [6, 6.07) is 12.7. The highest BCUT2D eigenvalue weighted by Gasteiger charge is 2.29. The minimum Gasteiger partial charge on any atom is -0.490 e. The Morgan fingerprint density at radius 1 is 0.696 bits per heavy atom. The molecular formula is C41H48F4O. The number of benzene rings is 3. The SMILES string of the molecule is C=CCCC1CCC(C2CC=C(c3ccc(-c4ccc(-c5ccc(OCCCCCCC)c(F)c5F)cc4)c(F)c3F)CC2)CC1. The molecule has 1 unspecified atom stereocenters. The molecule has 0 spiro atoms. The van der Waals surface area contributed by atoms with Crippen LogP contribution in [0.4, 0.5) is 17.6 Å². The summed E-state index contributed by atoms with van der Waals surface area (Å²) < 4.78 is 66.2. The largest absolute Gasteiger partial charge is 0.490 e. The lowest BCUT2D eigenvalue weighted by Gasteiger charge is -2.35. The predicted molar refractivity (Wildman–Crippen MR) is 182 cm³/mol. The van der Waals surface area contributed by atoms with Crippen LogP contribution in [-0.2, 0) is 0 Å². The topological polar surface area (TPSA) is 9.23 Å². The van der Waals surface area contributed by atoms with Crippen LogP contribution < -0.4 is 4.74 Å². The summed E-state index contributed by atoms with van der Waals surface area (Å²) >= 11 is 0. The van der Waals surface area contributed by atoms with Gasteiger partial charge in [0.15, 0.2) is 23.2 Å². The Morgan fingerprint density at radius 2 is 1.30 bits per heavy atom. The summed E-state index contributed by atoms with van der Waals surface area (Å²) in [5, 5.41) is 0. The van der Waals surface area contributed by atoms with E-state index < -0.39 is 23.3 Å². The number of hydrogen-bond donors (Lipinski definition) is 0. The summed E-state index contributed by atoms with van der Waals surface area (Å²) in [6.07, 6.45) is 19.5. The molecule has 246 valence electrons. The van der Waals surface area contributed by atoms with Gasteiger partial charge in [-0.15, -0.1) is 6.58 Å². The van der Waals surface area contributed by atoms with Crippen molar-refractivity contribution < 1.29 is 22.3 Å². The molecule has 3 aromatic rings. The molecule has 5 heteroatoms. The fraction of sp³-hybridized carbons (Fsp3) is 0.463. The van der Waals surface area contributed by atoms with Gasteiger partial charge in [0, 0.05) is 16.7 Å². The first-order chi connectivity index (χ1) is 22.4. The van der Waals surface area contributed by atoms with Crippen LogP contribution in [0.2, 0.25) is 0 Å². The van der Waals surface area contributed by atoms with Crippen LogP contribution >= 0.6 is 0 Å². The van der Waals surface area contributed by atoms with Crippen LogP contribution in [0.3, 0.4) is 0 Å². The van der Waals surface area contributed by atoms with E-state index in [-0.39, 0.29) is 16.9 Å². The minimum absolute atomic E-state index is 0.0876. The number of allylic oxidation sites excluding steroid dienone is 3. The van der Waals surface area contributed by atoms with Crippen LogP contribution in [0, 0.1) is 41.0 Å². The van der Waals surface area contributed by atoms with E-state index in [0.29, 0.717) is 29.2 Å². The van der Waals surface area contributed by atoms with E-state index in [1.165, 1.54) is 44.2 Å². The molecule has 0 N–H and O–H groups in total. The Kier molecular flexibility index (Phi) is 12.2. The van der Waals surface area contributed by atoms with Crippen molar-refractivity contribution in [2.24, 2.45) is 17.8 Å². The average molecular weight is 633 g/mol. The van der Waals surface area contributed by atoms with Crippen molar-refractivity contribution in [1.82, 2.24) is 0 Å². The average Bonchev–Trinajstić information content (AvgIpc) is 3.09. The lowest BCUT2D eigenvalue weighted by Crippen LogP contribution is -2.23. The standard InChI is InChI=1S/C41H48F4O/c1-3-5-7-8-9-27-46-37-26-25-36(40(44)41(37)45)33-21-19-32(20-22-33)35-24-23-34(38(42)39(35)43)31-17-15-30(16-18-31)29-13-11-28(12-14-29)10-6-4-2/h4,17,19-26,28-30H,2-3,5-16,18,27H2,1H3. The van der Waals surface area contributed by atoms with Gasteiger partial charge in [0.05, 0.1) is 6.61 Å². The zero-order chi connectivity index (χ0) is 32.5. The van der Waals surface area contributed by atoms with E-state index in [1.807, 2.05) is 6.08 Å². The van der Waals surface area contributed by atoms with Crippen LogP contribution in [0.5, 0.6) is 5.75 Å². The maximum atomic E-state index is 15.4. The molecule has 5 rings (SSSR count). The zero-order valence-electron chi connectivity index (χ0n) is 27.2. The Labute approximate surface area is 272 Å². The first kappa shape index (κ1) is 34.0.